The summed E-state index contributed by atoms with van der Waals surface area (Å²) in [5, 5.41) is 5.52. The quantitative estimate of drug-likeness (QED) is 0.379. The second-order valence-electron chi connectivity index (χ2n) is 8.44. The van der Waals surface area contributed by atoms with Gasteiger partial charge in [0.15, 0.2) is 0 Å². The van der Waals surface area contributed by atoms with E-state index in [1.54, 1.807) is 6.26 Å². The first-order chi connectivity index (χ1) is 16.7. The molecule has 0 bridgehead atoms. The molecule has 7 heteroatoms. The summed E-state index contributed by atoms with van der Waals surface area (Å²) >= 11 is 0. The van der Waals surface area contributed by atoms with Crippen LogP contribution in [0.3, 0.4) is 0 Å². The van der Waals surface area contributed by atoms with Gasteiger partial charge in [0, 0.05) is 45.0 Å². The van der Waals surface area contributed by atoms with E-state index in [0.717, 1.165) is 44.8 Å². The van der Waals surface area contributed by atoms with Crippen molar-refractivity contribution in [3.05, 3.63) is 90.4 Å². The average molecular weight is 461 g/mol. The summed E-state index contributed by atoms with van der Waals surface area (Å²) in [6.45, 7) is 4.22. The third-order valence-electron chi connectivity index (χ3n) is 6.18. The molecule has 2 N–H and O–H groups in total. The Morgan fingerprint density at radius 1 is 0.824 bits per heavy atom. The molecule has 178 valence electrons. The minimum absolute atomic E-state index is 0.122. The smallest absolute Gasteiger partial charge is 0.309 e. The van der Waals surface area contributed by atoms with Gasteiger partial charge >= 0.3 is 11.8 Å². The Labute approximate surface area is 200 Å². The Balaban J connectivity index is 1.25. The van der Waals surface area contributed by atoms with Gasteiger partial charge in [-0.1, -0.05) is 48.5 Å². The molecule has 1 aliphatic rings. The van der Waals surface area contributed by atoms with Gasteiger partial charge in [0.1, 0.15) is 5.76 Å². The van der Waals surface area contributed by atoms with E-state index in [1.165, 1.54) is 11.3 Å². The highest BCUT2D eigenvalue weighted by Crippen LogP contribution is 2.24. The Morgan fingerprint density at radius 2 is 1.50 bits per heavy atom. The normalized spacial score (nSPS) is 15.0. The van der Waals surface area contributed by atoms with Gasteiger partial charge in [-0.15, -0.1) is 0 Å². The van der Waals surface area contributed by atoms with Crippen LogP contribution >= 0.6 is 0 Å². The fraction of sp³-hybridized carbons (Fsp3) is 0.333. The average Bonchev–Trinajstić information content (AvgIpc) is 3.43. The lowest BCUT2D eigenvalue weighted by atomic mass is 10.1. The molecule has 1 aromatic heterocycles. The van der Waals surface area contributed by atoms with E-state index in [1.807, 2.05) is 36.4 Å². The van der Waals surface area contributed by atoms with E-state index < -0.39 is 11.8 Å². The van der Waals surface area contributed by atoms with Gasteiger partial charge in [0.25, 0.3) is 0 Å². The number of nitrogens with one attached hydrogen (secondary N) is 2. The number of aryl methyl sites for hydroxylation is 1. The van der Waals surface area contributed by atoms with Crippen LogP contribution in [0.5, 0.6) is 0 Å². The molecule has 1 fully saturated rings. The number of benzene rings is 2. The van der Waals surface area contributed by atoms with E-state index in [-0.39, 0.29) is 6.04 Å². The molecule has 0 saturated carbocycles. The SMILES string of the molecule is O=C(NCCCc1ccccc1)C(=O)NC[C@H](c1ccco1)N1CCN(c2ccccc2)CC1. The van der Waals surface area contributed by atoms with Gasteiger partial charge in [0.05, 0.1) is 12.3 Å². The third kappa shape index (κ3) is 6.48. The fourth-order valence-electron chi connectivity index (χ4n) is 4.31. The van der Waals surface area contributed by atoms with Gasteiger partial charge in [-0.25, -0.2) is 0 Å². The Bertz CT molecular complexity index is 1020. The van der Waals surface area contributed by atoms with E-state index in [0.29, 0.717) is 13.1 Å². The number of furan rings is 1. The molecule has 0 spiro atoms. The van der Waals surface area contributed by atoms with Gasteiger partial charge in [-0.05, 0) is 42.7 Å². The van der Waals surface area contributed by atoms with E-state index >= 15 is 0 Å². The number of rotatable bonds is 9. The van der Waals surface area contributed by atoms with Gasteiger partial charge in [0.2, 0.25) is 0 Å². The van der Waals surface area contributed by atoms with Gasteiger partial charge in [-0.2, -0.15) is 0 Å². The molecule has 7 nitrogen and oxygen atoms in total. The second-order valence-corrected chi connectivity index (χ2v) is 8.44. The van der Waals surface area contributed by atoms with Crippen LogP contribution < -0.4 is 15.5 Å². The van der Waals surface area contributed by atoms with Crippen molar-refractivity contribution in [1.82, 2.24) is 15.5 Å². The summed E-state index contributed by atoms with van der Waals surface area (Å²) in [6.07, 6.45) is 3.28. The highest BCUT2D eigenvalue weighted by molar-refractivity contribution is 6.35. The molecule has 34 heavy (non-hydrogen) atoms. The van der Waals surface area contributed by atoms with Crippen LogP contribution in [-0.4, -0.2) is 56.0 Å². The van der Waals surface area contributed by atoms with Crippen LogP contribution in [-0.2, 0) is 16.0 Å². The number of carbonyl (C=O) groups excluding carboxylic acids is 2. The summed E-state index contributed by atoms with van der Waals surface area (Å²) in [5.41, 5.74) is 2.43. The number of hydrogen-bond donors (Lipinski definition) is 2. The van der Waals surface area contributed by atoms with Crippen molar-refractivity contribution in [3.8, 4) is 0 Å². The van der Waals surface area contributed by atoms with E-state index in [9.17, 15) is 9.59 Å². The van der Waals surface area contributed by atoms with Crippen molar-refractivity contribution in [2.45, 2.75) is 18.9 Å². The van der Waals surface area contributed by atoms with Crippen LogP contribution in [0.2, 0.25) is 0 Å². The van der Waals surface area contributed by atoms with Crippen molar-refractivity contribution in [1.29, 1.82) is 0 Å². The lowest BCUT2D eigenvalue weighted by Gasteiger charge is -2.39. The molecule has 2 aromatic carbocycles. The number of para-hydroxylation sites is 1. The summed E-state index contributed by atoms with van der Waals surface area (Å²) in [5.74, 6) is -0.420. The zero-order valence-corrected chi connectivity index (χ0v) is 19.4. The lowest BCUT2D eigenvalue weighted by Crippen LogP contribution is -2.50. The molecule has 2 heterocycles. The van der Waals surface area contributed by atoms with E-state index in [4.69, 9.17) is 4.42 Å². The molecular formula is C27H32N4O3. The summed E-state index contributed by atoms with van der Waals surface area (Å²) in [4.78, 5) is 29.3. The predicted molar refractivity (Wildman–Crippen MR) is 132 cm³/mol. The monoisotopic (exact) mass is 460 g/mol. The number of piperazine rings is 1. The van der Waals surface area contributed by atoms with Gasteiger partial charge in [-0.3, -0.25) is 14.5 Å². The second kappa shape index (κ2) is 12.0. The molecule has 0 radical (unpaired) electrons. The predicted octanol–water partition coefficient (Wildman–Crippen LogP) is 3.01. The topological polar surface area (TPSA) is 77.8 Å². The van der Waals surface area contributed by atoms with Crippen LogP contribution in [0.1, 0.15) is 23.8 Å². The van der Waals surface area contributed by atoms with Crippen molar-refractivity contribution in [2.75, 3.05) is 44.2 Å². The first kappa shape index (κ1) is 23.6. The van der Waals surface area contributed by atoms with Crippen LogP contribution in [0, 0.1) is 0 Å². The Morgan fingerprint density at radius 3 is 2.18 bits per heavy atom. The number of amides is 2. The highest BCUT2D eigenvalue weighted by atomic mass is 16.3. The van der Waals surface area contributed by atoms with Crippen molar-refractivity contribution < 1.29 is 14.0 Å². The van der Waals surface area contributed by atoms with Crippen LogP contribution in [0.15, 0.2) is 83.5 Å². The molecule has 1 aliphatic heterocycles. The van der Waals surface area contributed by atoms with Crippen LogP contribution in [0.25, 0.3) is 0 Å². The Kier molecular flexibility index (Phi) is 8.35. The molecule has 0 unspecified atom stereocenters. The zero-order valence-electron chi connectivity index (χ0n) is 19.4. The molecule has 1 atom stereocenters. The highest BCUT2D eigenvalue weighted by Gasteiger charge is 2.28. The summed E-state index contributed by atoms with van der Waals surface area (Å²) < 4.78 is 5.67. The van der Waals surface area contributed by atoms with Crippen molar-refractivity contribution >= 4 is 17.5 Å². The minimum atomic E-state index is -0.612. The number of carbonyl (C=O) groups is 2. The molecule has 1 saturated heterocycles. The molecule has 4 rings (SSSR count). The number of hydrogen-bond acceptors (Lipinski definition) is 5. The molecular weight excluding hydrogens is 428 g/mol. The van der Waals surface area contributed by atoms with Crippen molar-refractivity contribution in [2.24, 2.45) is 0 Å². The fourth-order valence-corrected chi connectivity index (χ4v) is 4.31. The first-order valence-corrected chi connectivity index (χ1v) is 11.9. The first-order valence-electron chi connectivity index (χ1n) is 11.9. The standard InChI is InChI=1S/C27H32N4O3/c32-26(28-15-7-11-22-9-3-1-4-10-22)27(33)29-21-24(25-14-8-20-34-25)31-18-16-30(17-19-31)23-12-5-2-6-13-23/h1-6,8-10,12-14,20,24H,7,11,15-19,21H2,(H,28,32)(H,29,33)/t24-/m1/s1. The number of anilines is 1. The molecule has 3 aromatic rings. The maximum atomic E-state index is 12.4. The molecule has 0 aliphatic carbocycles. The third-order valence-corrected chi connectivity index (χ3v) is 6.18. The van der Waals surface area contributed by atoms with E-state index in [2.05, 4.69) is 56.8 Å². The maximum Gasteiger partial charge on any atom is 0.309 e. The van der Waals surface area contributed by atoms with Crippen LogP contribution in [0.4, 0.5) is 5.69 Å². The zero-order chi connectivity index (χ0) is 23.6. The Hall–Kier alpha value is -3.58. The lowest BCUT2D eigenvalue weighted by molar-refractivity contribution is -0.139. The maximum absolute atomic E-state index is 12.4. The minimum Gasteiger partial charge on any atom is -0.468 e. The largest absolute Gasteiger partial charge is 0.468 e. The molecule has 2 amide bonds. The van der Waals surface area contributed by atoms with Crippen molar-refractivity contribution in [3.63, 3.8) is 0 Å². The summed E-state index contributed by atoms with van der Waals surface area (Å²) in [7, 11) is 0. The van der Waals surface area contributed by atoms with Gasteiger partial charge < -0.3 is 20.0 Å². The summed E-state index contributed by atoms with van der Waals surface area (Å²) in [6, 6.07) is 24.1. The number of nitrogens with zero attached hydrogens (tertiary/aromatic N) is 2.